The standard InChI is InChI=1S/C24H28FNO6/c1-14-6-15(2)9-18(8-14)23(28)31-13-21(27)22(20(25)12-26-30-5)32-24(29)19-10-16(3)7-17(4)11-19/h6-12,20-22,27H,13H2,1-5H3/b26-12+/t20-,21-,22+/m1/s1. The van der Waals surface area contributed by atoms with Gasteiger partial charge in [0.1, 0.15) is 19.8 Å². The molecule has 2 aromatic carbocycles. The topological polar surface area (TPSA) is 94.4 Å². The Labute approximate surface area is 186 Å². The van der Waals surface area contributed by atoms with E-state index >= 15 is 0 Å². The fourth-order valence-electron chi connectivity index (χ4n) is 3.28. The van der Waals surface area contributed by atoms with Crippen molar-refractivity contribution in [3.8, 4) is 0 Å². The second-order valence-electron chi connectivity index (χ2n) is 7.67. The van der Waals surface area contributed by atoms with Gasteiger partial charge in [0.2, 0.25) is 0 Å². The van der Waals surface area contributed by atoms with E-state index in [-0.39, 0.29) is 5.56 Å². The average molecular weight is 445 g/mol. The zero-order chi connectivity index (χ0) is 23.8. The summed E-state index contributed by atoms with van der Waals surface area (Å²) < 4.78 is 25.1. The SMILES string of the molecule is CO/N=C/[C@@H](F)[C@H](OC(=O)c1cc(C)cc(C)c1)[C@H](O)COC(=O)c1cc(C)cc(C)c1. The molecular weight excluding hydrogens is 417 g/mol. The van der Waals surface area contributed by atoms with Crippen LogP contribution in [0.3, 0.4) is 0 Å². The minimum Gasteiger partial charge on any atom is -0.459 e. The van der Waals surface area contributed by atoms with Gasteiger partial charge >= 0.3 is 11.9 Å². The van der Waals surface area contributed by atoms with E-state index in [0.717, 1.165) is 28.5 Å². The molecule has 3 atom stereocenters. The van der Waals surface area contributed by atoms with Crippen LogP contribution in [0.2, 0.25) is 0 Å². The lowest BCUT2D eigenvalue weighted by Gasteiger charge is -2.24. The number of benzene rings is 2. The first kappa shape index (κ1) is 25.0. The first-order chi connectivity index (χ1) is 15.1. The van der Waals surface area contributed by atoms with Crippen LogP contribution in [0, 0.1) is 27.7 Å². The molecule has 7 nitrogen and oxygen atoms in total. The summed E-state index contributed by atoms with van der Waals surface area (Å²) in [7, 11) is 1.22. The molecule has 2 aromatic rings. The maximum absolute atomic E-state index is 14.7. The summed E-state index contributed by atoms with van der Waals surface area (Å²) >= 11 is 0. The van der Waals surface area contributed by atoms with E-state index in [1.54, 1.807) is 24.3 Å². The average Bonchev–Trinajstić information content (AvgIpc) is 2.72. The third-order valence-electron chi connectivity index (χ3n) is 4.54. The van der Waals surface area contributed by atoms with Crippen molar-refractivity contribution in [2.75, 3.05) is 13.7 Å². The third kappa shape index (κ3) is 7.16. The molecule has 32 heavy (non-hydrogen) atoms. The quantitative estimate of drug-likeness (QED) is 0.360. The summed E-state index contributed by atoms with van der Waals surface area (Å²) in [5.74, 6) is -1.51. The number of aliphatic hydroxyl groups excluding tert-OH is 1. The van der Waals surface area contributed by atoms with E-state index in [1.807, 2.05) is 39.8 Å². The summed E-state index contributed by atoms with van der Waals surface area (Å²) in [4.78, 5) is 29.4. The highest BCUT2D eigenvalue weighted by atomic mass is 19.1. The van der Waals surface area contributed by atoms with E-state index in [0.29, 0.717) is 5.56 Å². The van der Waals surface area contributed by atoms with Crippen LogP contribution in [0.25, 0.3) is 0 Å². The van der Waals surface area contributed by atoms with Crippen molar-refractivity contribution >= 4 is 18.2 Å². The normalized spacial score (nSPS) is 14.0. The van der Waals surface area contributed by atoms with Crippen LogP contribution < -0.4 is 0 Å². The van der Waals surface area contributed by atoms with Crippen molar-refractivity contribution in [3.05, 3.63) is 69.8 Å². The summed E-state index contributed by atoms with van der Waals surface area (Å²) in [6.45, 7) is 6.71. The molecule has 0 saturated heterocycles. The Morgan fingerprint density at radius 3 is 1.88 bits per heavy atom. The van der Waals surface area contributed by atoms with Crippen LogP contribution in [0.15, 0.2) is 41.6 Å². The van der Waals surface area contributed by atoms with Gasteiger partial charge in [-0.1, -0.05) is 39.5 Å². The van der Waals surface area contributed by atoms with Gasteiger partial charge in [0.05, 0.1) is 17.3 Å². The van der Waals surface area contributed by atoms with Crippen LogP contribution in [-0.4, -0.2) is 55.4 Å². The summed E-state index contributed by atoms with van der Waals surface area (Å²) in [6, 6.07) is 10.2. The lowest BCUT2D eigenvalue weighted by molar-refractivity contribution is -0.0594. The minimum atomic E-state index is -2.00. The number of esters is 2. The van der Waals surface area contributed by atoms with Crippen LogP contribution in [0.4, 0.5) is 4.39 Å². The fourth-order valence-corrected chi connectivity index (χ4v) is 3.28. The number of aryl methyl sites for hydroxylation is 4. The van der Waals surface area contributed by atoms with Crippen molar-refractivity contribution in [1.29, 1.82) is 0 Å². The number of oxime groups is 1. The van der Waals surface area contributed by atoms with Crippen molar-refractivity contribution < 1.29 is 33.4 Å². The monoisotopic (exact) mass is 445 g/mol. The Morgan fingerprint density at radius 2 is 1.41 bits per heavy atom. The van der Waals surface area contributed by atoms with Gasteiger partial charge in [-0.05, 0) is 52.0 Å². The number of aliphatic hydroxyl groups is 1. The number of carbonyl (C=O) groups is 2. The zero-order valence-corrected chi connectivity index (χ0v) is 18.8. The highest BCUT2D eigenvalue weighted by Gasteiger charge is 2.33. The smallest absolute Gasteiger partial charge is 0.338 e. The lowest BCUT2D eigenvalue weighted by atomic mass is 10.1. The molecule has 1 N–H and O–H groups in total. The molecule has 0 aliphatic carbocycles. The predicted octanol–water partition coefficient (Wildman–Crippen LogP) is 3.63. The second-order valence-corrected chi connectivity index (χ2v) is 7.67. The van der Waals surface area contributed by atoms with Crippen molar-refractivity contribution in [1.82, 2.24) is 0 Å². The highest BCUT2D eigenvalue weighted by Crippen LogP contribution is 2.16. The van der Waals surface area contributed by atoms with Crippen molar-refractivity contribution in [2.45, 2.75) is 46.1 Å². The minimum absolute atomic E-state index is 0.211. The van der Waals surface area contributed by atoms with Gasteiger partial charge in [-0.25, -0.2) is 14.0 Å². The molecule has 8 heteroatoms. The molecule has 172 valence electrons. The number of halogens is 1. The molecule has 0 radical (unpaired) electrons. The number of hydrogen-bond acceptors (Lipinski definition) is 7. The molecule has 0 aromatic heterocycles. The number of rotatable bonds is 9. The highest BCUT2D eigenvalue weighted by molar-refractivity contribution is 5.90. The van der Waals surface area contributed by atoms with Crippen molar-refractivity contribution in [3.63, 3.8) is 0 Å². The molecule has 0 bridgehead atoms. The molecule has 0 spiro atoms. The maximum atomic E-state index is 14.7. The first-order valence-electron chi connectivity index (χ1n) is 10.0. The summed E-state index contributed by atoms with van der Waals surface area (Å²) in [6.07, 6.45) is -4.55. The fraction of sp³-hybridized carbons (Fsp3) is 0.375. The Hall–Kier alpha value is -3.26. The van der Waals surface area contributed by atoms with Gasteiger partial charge in [0.15, 0.2) is 12.3 Å². The van der Waals surface area contributed by atoms with Gasteiger partial charge in [-0.15, -0.1) is 0 Å². The van der Waals surface area contributed by atoms with E-state index < -0.39 is 36.9 Å². The zero-order valence-electron chi connectivity index (χ0n) is 18.8. The molecule has 2 rings (SSSR count). The maximum Gasteiger partial charge on any atom is 0.338 e. The molecule has 0 aliphatic heterocycles. The van der Waals surface area contributed by atoms with Crippen LogP contribution in [-0.2, 0) is 14.3 Å². The second kappa shape index (κ2) is 11.4. The first-order valence-corrected chi connectivity index (χ1v) is 10.0. The molecule has 0 heterocycles. The number of hydrogen-bond donors (Lipinski definition) is 1. The van der Waals surface area contributed by atoms with Gasteiger partial charge in [-0.3, -0.25) is 0 Å². The van der Waals surface area contributed by atoms with Gasteiger partial charge < -0.3 is 19.4 Å². The van der Waals surface area contributed by atoms with Gasteiger partial charge in [0, 0.05) is 0 Å². The van der Waals surface area contributed by atoms with E-state index in [4.69, 9.17) is 9.47 Å². The Kier molecular flexibility index (Phi) is 8.90. The molecule has 0 aliphatic rings. The molecular formula is C24H28FNO6. The summed E-state index contributed by atoms with van der Waals surface area (Å²) in [5.41, 5.74) is 3.91. The summed E-state index contributed by atoms with van der Waals surface area (Å²) in [5, 5.41) is 13.8. The predicted molar refractivity (Wildman–Crippen MR) is 118 cm³/mol. The number of nitrogens with zero attached hydrogens (tertiary/aromatic N) is 1. The van der Waals surface area contributed by atoms with Crippen molar-refractivity contribution in [2.24, 2.45) is 5.16 Å². The van der Waals surface area contributed by atoms with Gasteiger partial charge in [0.25, 0.3) is 0 Å². The number of ether oxygens (including phenoxy) is 2. The number of carbonyl (C=O) groups excluding carboxylic acids is 2. The largest absolute Gasteiger partial charge is 0.459 e. The van der Waals surface area contributed by atoms with E-state index in [2.05, 4.69) is 9.99 Å². The third-order valence-corrected chi connectivity index (χ3v) is 4.54. The molecule has 0 fully saturated rings. The van der Waals surface area contributed by atoms with Crippen LogP contribution in [0.5, 0.6) is 0 Å². The van der Waals surface area contributed by atoms with E-state index in [9.17, 15) is 19.1 Å². The Morgan fingerprint density at radius 1 is 0.938 bits per heavy atom. The van der Waals surface area contributed by atoms with E-state index in [1.165, 1.54) is 7.11 Å². The Balaban J connectivity index is 2.15. The van der Waals surface area contributed by atoms with Gasteiger partial charge in [-0.2, -0.15) is 0 Å². The number of alkyl halides is 1. The molecule has 0 unspecified atom stereocenters. The molecule has 0 amide bonds. The van der Waals surface area contributed by atoms with Crippen LogP contribution >= 0.6 is 0 Å². The Bertz CT molecular complexity index is 950. The lowest BCUT2D eigenvalue weighted by Crippen LogP contribution is -2.43. The van der Waals surface area contributed by atoms with Crippen LogP contribution in [0.1, 0.15) is 43.0 Å². The molecule has 0 saturated carbocycles.